The molecule has 0 aromatic rings. The van der Waals surface area contributed by atoms with Gasteiger partial charge in [0.15, 0.2) is 0 Å². The van der Waals surface area contributed by atoms with Crippen LogP contribution in [-0.2, 0) is 19.5 Å². The Morgan fingerprint density at radius 3 is 0.514 bits per heavy atom. The molecule has 0 aliphatic heterocycles. The van der Waals surface area contributed by atoms with E-state index in [1.165, 1.54) is 193 Å². The molecule has 226 valence electrons. The van der Waals surface area contributed by atoms with Crippen LogP contribution in [0.3, 0.4) is 0 Å². The normalized spacial score (nSPS) is 10.7. The number of hydrogen-bond acceptors (Lipinski definition) is 0. The Kier molecular flexibility index (Phi) is 49.7. The summed E-state index contributed by atoms with van der Waals surface area (Å²) >= 11 is 0. The molecule has 0 unspecified atom stereocenters. The first-order valence-corrected chi connectivity index (χ1v) is 17.4. The van der Waals surface area contributed by atoms with E-state index >= 15 is 0 Å². The summed E-state index contributed by atoms with van der Waals surface area (Å²) in [5, 5.41) is 0. The maximum Gasteiger partial charge on any atom is 2.00 e. The van der Waals surface area contributed by atoms with Gasteiger partial charge in [-0.15, -0.1) is 0 Å². The molecule has 0 amide bonds. The minimum absolute atomic E-state index is 0. The average molecular weight is 608 g/mol. The van der Waals surface area contributed by atoms with Crippen LogP contribution in [0.25, 0.3) is 0 Å². The van der Waals surface area contributed by atoms with Crippen molar-refractivity contribution in [2.24, 2.45) is 0 Å². The first-order valence-electron chi connectivity index (χ1n) is 17.4. The summed E-state index contributed by atoms with van der Waals surface area (Å²) in [5.74, 6) is 0. The van der Waals surface area contributed by atoms with Crippen molar-refractivity contribution in [2.45, 2.75) is 219 Å². The summed E-state index contributed by atoms with van der Waals surface area (Å²) in [7, 11) is 0. The Balaban J connectivity index is -0.000000608. The molecule has 0 atom stereocenters. The van der Waals surface area contributed by atoms with E-state index < -0.39 is 0 Å². The molecular weight excluding hydrogens is 533 g/mol. The van der Waals surface area contributed by atoms with Crippen molar-refractivity contribution in [1.82, 2.24) is 0 Å². The predicted molar refractivity (Wildman–Crippen MR) is 170 cm³/mol. The summed E-state index contributed by atoms with van der Waals surface area (Å²) in [6, 6.07) is 0. The fourth-order valence-corrected chi connectivity index (χ4v) is 5.10. The van der Waals surface area contributed by atoms with Gasteiger partial charge in [0.05, 0.1) is 0 Å². The number of hydrogen-bond donors (Lipinski definition) is 0. The van der Waals surface area contributed by atoms with Crippen LogP contribution < -0.4 is 0 Å². The zero-order chi connectivity index (χ0) is 26.6. The monoisotopic (exact) mass is 608 g/mol. The average Bonchev–Trinajstić information content (AvgIpc) is 2.89. The van der Waals surface area contributed by atoms with E-state index in [-0.39, 0.29) is 19.5 Å². The van der Waals surface area contributed by atoms with Gasteiger partial charge in [0.2, 0.25) is 0 Å². The van der Waals surface area contributed by atoms with Gasteiger partial charge < -0.3 is 13.8 Å². The molecule has 1 heteroatoms. The van der Waals surface area contributed by atoms with Crippen LogP contribution in [0, 0.1) is 13.8 Å². The Morgan fingerprint density at radius 1 is 0.243 bits per heavy atom. The van der Waals surface area contributed by atoms with Crippen LogP contribution in [0.15, 0.2) is 0 Å². The maximum atomic E-state index is 3.88. The van der Waals surface area contributed by atoms with Gasteiger partial charge in [-0.25, -0.2) is 0 Å². The third-order valence-corrected chi connectivity index (χ3v) is 7.71. The van der Waals surface area contributed by atoms with Gasteiger partial charge in [-0.1, -0.05) is 206 Å². The molecule has 0 aliphatic rings. The molecule has 0 nitrogen and oxygen atoms in total. The predicted octanol–water partition coefficient (Wildman–Crippen LogP) is 14.2. The van der Waals surface area contributed by atoms with Crippen molar-refractivity contribution < 1.29 is 19.5 Å². The van der Waals surface area contributed by atoms with E-state index in [4.69, 9.17) is 0 Å². The van der Waals surface area contributed by atoms with Crippen molar-refractivity contribution in [2.75, 3.05) is 0 Å². The third kappa shape index (κ3) is 46.8. The van der Waals surface area contributed by atoms with Crippen LogP contribution in [0.1, 0.15) is 219 Å². The molecule has 0 rings (SSSR count). The number of rotatable bonds is 30. The largest absolute Gasteiger partial charge is 2.00 e. The second-order valence-corrected chi connectivity index (χ2v) is 11.6. The fourth-order valence-electron chi connectivity index (χ4n) is 5.10. The van der Waals surface area contributed by atoms with Crippen molar-refractivity contribution in [3.05, 3.63) is 13.8 Å². The standard InChI is InChI=1S/2C18H37.Ru/c2*1-3-5-7-9-11-13-15-17-18-16-14-12-10-8-6-4-2;/h2*1,3-18H2,2H3;/q2*-1;+2. The van der Waals surface area contributed by atoms with Crippen molar-refractivity contribution in [3.63, 3.8) is 0 Å². The zero-order valence-electron chi connectivity index (χ0n) is 26.4. The van der Waals surface area contributed by atoms with Crippen LogP contribution in [-0.4, -0.2) is 0 Å². The third-order valence-electron chi connectivity index (χ3n) is 7.71. The fraction of sp³-hybridized carbons (Fsp3) is 0.944. The van der Waals surface area contributed by atoms with E-state index in [1.54, 1.807) is 0 Å². The quantitative estimate of drug-likeness (QED) is 0.0433. The molecule has 0 heterocycles. The molecule has 0 aliphatic carbocycles. The van der Waals surface area contributed by atoms with E-state index in [0.717, 1.165) is 12.8 Å². The SMILES string of the molecule is [CH2-]CCCCCCCCCCCCCCCCC.[CH2-]CCCCCCCCCCCCCCCCC.[Ru+2]. The van der Waals surface area contributed by atoms with Crippen molar-refractivity contribution in [1.29, 1.82) is 0 Å². The Labute approximate surface area is 251 Å². The molecule has 0 saturated heterocycles. The van der Waals surface area contributed by atoms with Gasteiger partial charge in [0.1, 0.15) is 0 Å². The molecule has 0 radical (unpaired) electrons. The van der Waals surface area contributed by atoms with Crippen molar-refractivity contribution >= 4 is 0 Å². The first-order chi connectivity index (χ1) is 17.8. The molecule has 37 heavy (non-hydrogen) atoms. The zero-order valence-corrected chi connectivity index (χ0v) is 28.1. The summed E-state index contributed by atoms with van der Waals surface area (Å²) in [6.45, 7) is 12.4. The smallest absolute Gasteiger partial charge is 0.343 e. The van der Waals surface area contributed by atoms with E-state index in [9.17, 15) is 0 Å². The molecule has 0 aromatic heterocycles. The van der Waals surface area contributed by atoms with Gasteiger partial charge in [0.25, 0.3) is 0 Å². The Bertz CT molecular complexity index is 263. The van der Waals surface area contributed by atoms with E-state index in [2.05, 4.69) is 27.7 Å². The summed E-state index contributed by atoms with van der Waals surface area (Å²) < 4.78 is 0. The Morgan fingerprint density at radius 2 is 0.378 bits per heavy atom. The maximum absolute atomic E-state index is 3.88. The van der Waals surface area contributed by atoms with Gasteiger partial charge in [-0.2, -0.15) is 12.8 Å². The molecular formula is C36H74Ru. The second kappa shape index (κ2) is 43.7. The number of unbranched alkanes of at least 4 members (excludes halogenated alkanes) is 30. The van der Waals surface area contributed by atoms with Crippen molar-refractivity contribution in [3.8, 4) is 0 Å². The molecule has 0 spiro atoms. The second-order valence-electron chi connectivity index (χ2n) is 11.6. The minimum atomic E-state index is 0. The van der Waals surface area contributed by atoms with Crippen LogP contribution in [0.4, 0.5) is 0 Å². The van der Waals surface area contributed by atoms with Gasteiger partial charge in [-0.05, 0) is 0 Å². The summed E-state index contributed by atoms with van der Waals surface area (Å²) in [5.41, 5.74) is 0. The van der Waals surface area contributed by atoms with Gasteiger partial charge in [-0.3, -0.25) is 0 Å². The van der Waals surface area contributed by atoms with Gasteiger partial charge >= 0.3 is 19.5 Å². The molecule has 0 aromatic carbocycles. The molecule has 0 N–H and O–H groups in total. The van der Waals surface area contributed by atoms with E-state index in [1.807, 2.05) is 0 Å². The molecule has 0 saturated carbocycles. The summed E-state index contributed by atoms with van der Waals surface area (Å²) in [6.07, 6.45) is 45.6. The van der Waals surface area contributed by atoms with Crippen LogP contribution in [0.2, 0.25) is 0 Å². The topological polar surface area (TPSA) is 0 Å². The minimum Gasteiger partial charge on any atom is -0.343 e. The molecule has 0 fully saturated rings. The Hall–Kier alpha value is 0.623. The molecule has 0 bridgehead atoms. The van der Waals surface area contributed by atoms with Crippen LogP contribution >= 0.6 is 0 Å². The van der Waals surface area contributed by atoms with Gasteiger partial charge in [0, 0.05) is 0 Å². The first kappa shape index (κ1) is 42.1. The summed E-state index contributed by atoms with van der Waals surface area (Å²) in [4.78, 5) is 0. The van der Waals surface area contributed by atoms with E-state index in [0.29, 0.717) is 0 Å². The van der Waals surface area contributed by atoms with Crippen LogP contribution in [0.5, 0.6) is 0 Å².